The van der Waals surface area contributed by atoms with Gasteiger partial charge < -0.3 is 27.7 Å². The Balaban J connectivity index is -0.0000000600. The third kappa shape index (κ3) is 53.3. The van der Waals surface area contributed by atoms with Crippen molar-refractivity contribution in [2.24, 2.45) is 0 Å². The van der Waals surface area contributed by atoms with Crippen LogP contribution in [0, 0.1) is 27.7 Å². The van der Waals surface area contributed by atoms with Crippen LogP contribution in [0.25, 0.3) is 0 Å². The first kappa shape index (κ1) is 16.4. The molecule has 0 aromatic rings. The van der Waals surface area contributed by atoms with E-state index < -0.39 is 0 Å². The molecule has 0 heterocycles. The van der Waals surface area contributed by atoms with Crippen LogP contribution in [0.3, 0.4) is 0 Å². The summed E-state index contributed by atoms with van der Waals surface area (Å²) in [6, 6.07) is 0. The monoisotopic (exact) mass is 160 g/mol. The molecule has 0 nitrogen and oxygen atoms in total. The summed E-state index contributed by atoms with van der Waals surface area (Å²) in [4.78, 5) is 0. The molecular weight excluding hydrogens is 144 g/mol. The minimum absolute atomic E-state index is 0. The summed E-state index contributed by atoms with van der Waals surface area (Å²) in [5.74, 6) is 0. The van der Waals surface area contributed by atoms with Gasteiger partial charge in [-0.3, -0.25) is 0 Å². The van der Waals surface area contributed by atoms with Crippen molar-refractivity contribution >= 4 is 0 Å². The molecule has 2 saturated carbocycles. The maximum absolute atomic E-state index is 2.25. The first-order valence-corrected chi connectivity index (χ1v) is 2.63. The van der Waals surface area contributed by atoms with Crippen LogP contribution in [0.15, 0.2) is 0 Å². The third-order valence-electron chi connectivity index (χ3n) is 0.577. The van der Waals surface area contributed by atoms with Crippen LogP contribution in [-0.4, -0.2) is 0 Å². The van der Waals surface area contributed by atoms with E-state index in [1.807, 2.05) is 0 Å². The van der Waals surface area contributed by atoms with Gasteiger partial charge in [0.15, 0.2) is 0 Å². The van der Waals surface area contributed by atoms with Gasteiger partial charge in [-0.2, -0.15) is 0 Å². The molecule has 1 heteroatoms. The van der Waals surface area contributed by atoms with Crippen molar-refractivity contribution in [3.63, 3.8) is 0 Å². The minimum atomic E-state index is 0. The van der Waals surface area contributed by atoms with Crippen LogP contribution in [0.2, 0.25) is 0 Å². The van der Waals surface area contributed by atoms with E-state index >= 15 is 0 Å². The Bertz CT molecular complexity index is 20.0. The van der Waals surface area contributed by atoms with Crippen molar-refractivity contribution in [2.45, 2.75) is 25.7 Å². The Morgan fingerprint density at radius 2 is 0.778 bits per heavy atom. The molecule has 0 amide bonds. The smallest absolute Gasteiger partial charge is 0.358 e. The molecule has 2 aliphatic carbocycles. The van der Waals surface area contributed by atoms with E-state index in [9.17, 15) is 0 Å². The van der Waals surface area contributed by atoms with Crippen LogP contribution in [-0.2, 0) is 21.7 Å². The van der Waals surface area contributed by atoms with Gasteiger partial charge in [0.05, 0.1) is 0 Å². The molecule has 0 atom stereocenters. The zero-order chi connectivity index (χ0) is 4.24. The van der Waals surface area contributed by atoms with Crippen LogP contribution in [0.5, 0.6) is 0 Å². The molecule has 2 aliphatic rings. The SMILES string of the molecule is [CH-]1CC1.[CH-]1CC1.[CH3-].[CH3-].[Ti+4]. The van der Waals surface area contributed by atoms with E-state index in [4.69, 9.17) is 0 Å². The zero-order valence-corrected chi connectivity index (χ0v) is 8.04. The summed E-state index contributed by atoms with van der Waals surface area (Å²) in [7, 11) is 0. The van der Waals surface area contributed by atoms with E-state index in [2.05, 4.69) is 12.8 Å². The van der Waals surface area contributed by atoms with Gasteiger partial charge in [0, 0.05) is 0 Å². The van der Waals surface area contributed by atoms with E-state index in [1.165, 1.54) is 25.7 Å². The summed E-state index contributed by atoms with van der Waals surface area (Å²) in [5.41, 5.74) is 0. The van der Waals surface area contributed by atoms with Gasteiger partial charge in [-0.05, 0) is 0 Å². The molecule has 52 valence electrons. The molecule has 0 radical (unpaired) electrons. The summed E-state index contributed by atoms with van der Waals surface area (Å²) in [6.07, 6.45) is 10.0. The van der Waals surface area contributed by atoms with Gasteiger partial charge in [0.25, 0.3) is 0 Å². The largest absolute Gasteiger partial charge is 4.00 e. The summed E-state index contributed by atoms with van der Waals surface area (Å²) < 4.78 is 0. The second-order valence-corrected chi connectivity index (χ2v) is 1.73. The molecule has 0 unspecified atom stereocenters. The average molecular weight is 160 g/mol. The van der Waals surface area contributed by atoms with Crippen molar-refractivity contribution in [3.8, 4) is 0 Å². The maximum atomic E-state index is 2.25. The normalized spacial score (nSPS) is 16.0. The molecule has 0 saturated heterocycles. The predicted molar refractivity (Wildman–Crippen MR) is 39.9 cm³/mol. The van der Waals surface area contributed by atoms with E-state index in [0.29, 0.717) is 0 Å². The van der Waals surface area contributed by atoms with E-state index in [0.717, 1.165) is 0 Å². The quantitative estimate of drug-likeness (QED) is 0.377. The second kappa shape index (κ2) is 11.5. The van der Waals surface area contributed by atoms with Crippen LogP contribution < -0.4 is 0 Å². The van der Waals surface area contributed by atoms with Crippen LogP contribution >= 0.6 is 0 Å². The minimum Gasteiger partial charge on any atom is -0.358 e. The molecule has 9 heavy (non-hydrogen) atoms. The molecular formula is C8H16Ti. The molecule has 0 aromatic carbocycles. The number of hydrogen-bond acceptors (Lipinski definition) is 0. The van der Waals surface area contributed by atoms with Crippen molar-refractivity contribution in [2.75, 3.05) is 0 Å². The van der Waals surface area contributed by atoms with Gasteiger partial charge in [-0.25, -0.2) is 25.7 Å². The third-order valence-corrected chi connectivity index (χ3v) is 0.577. The van der Waals surface area contributed by atoms with Gasteiger partial charge in [0.1, 0.15) is 0 Å². The van der Waals surface area contributed by atoms with Crippen LogP contribution in [0.4, 0.5) is 0 Å². The fourth-order valence-electron chi connectivity index (χ4n) is 0. The van der Waals surface area contributed by atoms with Crippen molar-refractivity contribution in [1.29, 1.82) is 0 Å². The molecule has 0 bridgehead atoms. The summed E-state index contributed by atoms with van der Waals surface area (Å²) in [6.45, 7) is 0. The summed E-state index contributed by atoms with van der Waals surface area (Å²) in [5, 5.41) is 0. The Morgan fingerprint density at radius 1 is 0.667 bits per heavy atom. The predicted octanol–water partition coefficient (Wildman–Crippen LogP) is 2.87. The van der Waals surface area contributed by atoms with Gasteiger partial charge in [-0.15, -0.1) is 0 Å². The second-order valence-electron chi connectivity index (χ2n) is 1.73. The molecule has 2 rings (SSSR count). The fourth-order valence-corrected chi connectivity index (χ4v) is 0. The molecule has 0 aliphatic heterocycles. The van der Waals surface area contributed by atoms with Crippen molar-refractivity contribution in [1.82, 2.24) is 0 Å². The number of hydrogen-bond donors (Lipinski definition) is 0. The molecule has 0 aromatic heterocycles. The van der Waals surface area contributed by atoms with Crippen molar-refractivity contribution < 1.29 is 21.7 Å². The Labute approximate surface area is 75.3 Å². The Morgan fingerprint density at radius 3 is 0.778 bits per heavy atom. The Hall–Kier alpha value is 0.714. The van der Waals surface area contributed by atoms with Gasteiger partial charge in [0.2, 0.25) is 0 Å². The van der Waals surface area contributed by atoms with E-state index in [-0.39, 0.29) is 36.6 Å². The first-order valence-electron chi connectivity index (χ1n) is 2.63. The first-order chi connectivity index (χ1) is 3.00. The Kier molecular flexibility index (Phi) is 20.9. The van der Waals surface area contributed by atoms with Gasteiger partial charge >= 0.3 is 21.7 Å². The molecule has 2 fully saturated rings. The number of rotatable bonds is 0. The summed E-state index contributed by atoms with van der Waals surface area (Å²) >= 11 is 0. The molecule has 0 spiro atoms. The van der Waals surface area contributed by atoms with Gasteiger partial charge in [-0.1, -0.05) is 0 Å². The average Bonchev–Trinajstić information content (AvgIpc) is 2.31. The van der Waals surface area contributed by atoms with E-state index in [1.54, 1.807) is 0 Å². The standard InChI is InChI=1S/2C3H5.2CH3.Ti/c2*1-2-3-1;;;/h2*1H,2-3H2;2*1H3;/q4*-1;+4. The maximum Gasteiger partial charge on any atom is 4.00 e. The fraction of sp³-hybridized carbons (Fsp3) is 0.500. The zero-order valence-electron chi connectivity index (χ0n) is 6.48. The van der Waals surface area contributed by atoms with Crippen LogP contribution in [0.1, 0.15) is 25.7 Å². The molecule has 0 N–H and O–H groups in total. The topological polar surface area (TPSA) is 0 Å². The van der Waals surface area contributed by atoms with Crippen molar-refractivity contribution in [3.05, 3.63) is 27.7 Å².